The fourth-order valence-electron chi connectivity index (χ4n) is 2.03. The summed E-state index contributed by atoms with van der Waals surface area (Å²) in [7, 11) is 0. The smallest absolute Gasteiger partial charge is 0.407 e. The summed E-state index contributed by atoms with van der Waals surface area (Å²) >= 11 is 0. The average Bonchev–Trinajstić information content (AvgIpc) is 2.40. The van der Waals surface area contributed by atoms with E-state index >= 15 is 0 Å². The van der Waals surface area contributed by atoms with E-state index in [2.05, 4.69) is 0 Å². The van der Waals surface area contributed by atoms with Gasteiger partial charge in [0.1, 0.15) is 0 Å². The number of hydrogen-bond acceptors (Lipinski definition) is 5. The second kappa shape index (κ2) is 7.65. The first-order chi connectivity index (χ1) is 9.38. The molecule has 1 heterocycles. The maximum Gasteiger partial charge on any atom is 0.407 e. The van der Waals surface area contributed by atoms with E-state index in [-0.39, 0.29) is 26.2 Å². The van der Waals surface area contributed by atoms with E-state index in [1.807, 2.05) is 0 Å². The Morgan fingerprint density at radius 3 is 1.35 bits per heavy atom. The number of nitrogens with zero attached hydrogens (tertiary/aromatic N) is 3. The molecule has 0 unspecified atom stereocenters. The quantitative estimate of drug-likeness (QED) is 0.587. The lowest BCUT2D eigenvalue weighted by Gasteiger charge is -2.23. The first kappa shape index (κ1) is 16.2. The lowest BCUT2D eigenvalue weighted by Crippen LogP contribution is -2.40. The van der Waals surface area contributed by atoms with Crippen LogP contribution in [0.25, 0.3) is 0 Å². The molecule has 9 heteroatoms. The van der Waals surface area contributed by atoms with Gasteiger partial charge in [0, 0.05) is 39.3 Å². The molecular weight excluding hydrogens is 270 g/mol. The normalized spacial score (nSPS) is 18.9. The van der Waals surface area contributed by atoms with E-state index < -0.39 is 18.0 Å². The van der Waals surface area contributed by atoms with Crippen LogP contribution in [-0.2, 0) is 9.59 Å². The molecule has 1 saturated heterocycles. The Balaban J connectivity index is 2.70. The molecule has 0 aromatic heterocycles. The highest BCUT2D eigenvalue weighted by molar-refractivity contribution is 5.69. The van der Waals surface area contributed by atoms with Gasteiger partial charge in [-0.25, -0.2) is 4.79 Å². The van der Waals surface area contributed by atoms with Crippen molar-refractivity contribution in [3.8, 4) is 0 Å². The fourth-order valence-corrected chi connectivity index (χ4v) is 2.03. The SMILES string of the molecule is O=C(O)CN1CCN(CC(=O)O)CCN(C(=O)O)CC1. The van der Waals surface area contributed by atoms with Crippen molar-refractivity contribution in [1.82, 2.24) is 14.7 Å². The molecule has 1 fully saturated rings. The molecule has 1 aliphatic rings. The summed E-state index contributed by atoms with van der Waals surface area (Å²) in [5.41, 5.74) is 0. The fraction of sp³-hybridized carbons (Fsp3) is 0.727. The molecule has 0 radical (unpaired) electrons. The molecule has 0 saturated carbocycles. The lowest BCUT2D eigenvalue weighted by atomic mass is 10.4. The van der Waals surface area contributed by atoms with Crippen molar-refractivity contribution in [2.24, 2.45) is 0 Å². The van der Waals surface area contributed by atoms with Crippen molar-refractivity contribution >= 4 is 18.0 Å². The summed E-state index contributed by atoms with van der Waals surface area (Å²) in [4.78, 5) is 36.9. The molecule has 1 aliphatic heterocycles. The van der Waals surface area contributed by atoms with E-state index in [0.29, 0.717) is 26.2 Å². The van der Waals surface area contributed by atoms with Gasteiger partial charge in [-0.05, 0) is 0 Å². The van der Waals surface area contributed by atoms with Crippen molar-refractivity contribution < 1.29 is 29.7 Å². The van der Waals surface area contributed by atoms with Gasteiger partial charge in [0.25, 0.3) is 0 Å². The number of carbonyl (C=O) groups is 3. The summed E-state index contributed by atoms with van der Waals surface area (Å²) in [5, 5.41) is 26.7. The van der Waals surface area contributed by atoms with Gasteiger partial charge in [-0.15, -0.1) is 0 Å². The third-order valence-electron chi connectivity index (χ3n) is 3.09. The van der Waals surface area contributed by atoms with E-state index in [4.69, 9.17) is 15.3 Å². The maximum absolute atomic E-state index is 11.0. The molecule has 9 nitrogen and oxygen atoms in total. The Kier molecular flexibility index (Phi) is 6.19. The summed E-state index contributed by atoms with van der Waals surface area (Å²) in [5.74, 6) is -1.98. The van der Waals surface area contributed by atoms with E-state index in [0.717, 1.165) is 0 Å². The summed E-state index contributed by atoms with van der Waals surface area (Å²) in [6, 6.07) is 0. The molecular formula is C11H19N3O6. The summed E-state index contributed by atoms with van der Waals surface area (Å²) in [6.07, 6.45) is -1.09. The van der Waals surface area contributed by atoms with Crippen LogP contribution in [0.2, 0.25) is 0 Å². The van der Waals surface area contributed by atoms with Gasteiger partial charge < -0.3 is 20.2 Å². The average molecular weight is 289 g/mol. The van der Waals surface area contributed by atoms with Crippen LogP contribution in [-0.4, -0.2) is 100 Å². The zero-order valence-corrected chi connectivity index (χ0v) is 11.1. The third-order valence-corrected chi connectivity index (χ3v) is 3.09. The molecule has 1 rings (SSSR count). The van der Waals surface area contributed by atoms with Crippen LogP contribution in [0.4, 0.5) is 4.79 Å². The second-order valence-electron chi connectivity index (χ2n) is 4.61. The Morgan fingerprint density at radius 1 is 0.700 bits per heavy atom. The number of rotatable bonds is 4. The van der Waals surface area contributed by atoms with Crippen molar-refractivity contribution in [3.63, 3.8) is 0 Å². The van der Waals surface area contributed by atoms with E-state index in [9.17, 15) is 14.4 Å². The van der Waals surface area contributed by atoms with E-state index in [1.54, 1.807) is 9.80 Å². The molecule has 0 aromatic carbocycles. The van der Waals surface area contributed by atoms with E-state index in [1.165, 1.54) is 4.90 Å². The van der Waals surface area contributed by atoms with Crippen LogP contribution in [0.1, 0.15) is 0 Å². The first-order valence-corrected chi connectivity index (χ1v) is 6.24. The standard InChI is InChI=1S/C11H19N3O6/c15-9(16)7-12-1-2-13(8-10(17)18)4-6-14(5-3-12)11(19)20/h1-8H2,(H,15,16)(H,17,18)(H,19,20). The van der Waals surface area contributed by atoms with Crippen molar-refractivity contribution in [2.45, 2.75) is 0 Å². The molecule has 1 amide bonds. The minimum Gasteiger partial charge on any atom is -0.480 e. The zero-order valence-electron chi connectivity index (χ0n) is 11.1. The molecule has 0 bridgehead atoms. The second-order valence-corrected chi connectivity index (χ2v) is 4.61. The largest absolute Gasteiger partial charge is 0.480 e. The topological polar surface area (TPSA) is 122 Å². The number of carboxylic acids is 2. The van der Waals surface area contributed by atoms with Gasteiger partial charge >= 0.3 is 18.0 Å². The maximum atomic E-state index is 11.0. The summed E-state index contributed by atoms with van der Waals surface area (Å²) < 4.78 is 0. The van der Waals surface area contributed by atoms with Crippen LogP contribution in [0.5, 0.6) is 0 Å². The lowest BCUT2D eigenvalue weighted by molar-refractivity contribution is -0.140. The minimum absolute atomic E-state index is 0.186. The third kappa shape index (κ3) is 5.85. The number of aliphatic carboxylic acids is 2. The van der Waals surface area contributed by atoms with Gasteiger partial charge in [-0.1, -0.05) is 0 Å². The molecule has 0 atom stereocenters. The highest BCUT2D eigenvalue weighted by atomic mass is 16.4. The summed E-state index contributed by atoms with van der Waals surface area (Å²) in [6.45, 7) is 1.48. The van der Waals surface area contributed by atoms with Gasteiger partial charge in [0.15, 0.2) is 0 Å². The highest BCUT2D eigenvalue weighted by Crippen LogP contribution is 2.01. The Morgan fingerprint density at radius 2 is 1.05 bits per heavy atom. The highest BCUT2D eigenvalue weighted by Gasteiger charge is 2.21. The first-order valence-electron chi connectivity index (χ1n) is 6.24. The Bertz CT molecular complexity index is 347. The molecule has 20 heavy (non-hydrogen) atoms. The monoisotopic (exact) mass is 289 g/mol. The number of amides is 1. The number of hydrogen-bond donors (Lipinski definition) is 3. The molecule has 3 N–H and O–H groups in total. The van der Waals surface area contributed by atoms with Crippen LogP contribution >= 0.6 is 0 Å². The van der Waals surface area contributed by atoms with Crippen LogP contribution in [0.15, 0.2) is 0 Å². The zero-order chi connectivity index (χ0) is 15.1. The minimum atomic E-state index is -1.09. The van der Waals surface area contributed by atoms with Crippen LogP contribution in [0, 0.1) is 0 Å². The predicted octanol–water partition coefficient (Wildman–Crippen LogP) is -1.25. The molecule has 0 aromatic rings. The predicted molar refractivity (Wildman–Crippen MR) is 67.7 cm³/mol. The van der Waals surface area contributed by atoms with Gasteiger partial charge in [0.05, 0.1) is 13.1 Å². The van der Waals surface area contributed by atoms with Crippen molar-refractivity contribution in [3.05, 3.63) is 0 Å². The molecule has 0 spiro atoms. The number of carboxylic acid groups (broad SMARTS) is 3. The Labute approximate surface area is 116 Å². The van der Waals surface area contributed by atoms with Gasteiger partial charge in [-0.3, -0.25) is 19.4 Å². The van der Waals surface area contributed by atoms with Crippen molar-refractivity contribution in [1.29, 1.82) is 0 Å². The van der Waals surface area contributed by atoms with Gasteiger partial charge in [-0.2, -0.15) is 0 Å². The molecule has 114 valence electrons. The van der Waals surface area contributed by atoms with Gasteiger partial charge in [0.2, 0.25) is 0 Å². The van der Waals surface area contributed by atoms with Crippen LogP contribution in [0.3, 0.4) is 0 Å². The Hall–Kier alpha value is -1.87. The molecule has 0 aliphatic carbocycles. The van der Waals surface area contributed by atoms with Crippen molar-refractivity contribution in [2.75, 3.05) is 52.4 Å². The van der Waals surface area contributed by atoms with Crippen LogP contribution < -0.4 is 0 Å².